The van der Waals surface area contributed by atoms with Crippen LogP contribution in [0.2, 0.25) is 5.02 Å². The molecule has 25 heavy (non-hydrogen) atoms. The van der Waals surface area contributed by atoms with E-state index >= 15 is 0 Å². The lowest BCUT2D eigenvalue weighted by molar-refractivity contribution is -0.137. The molecular formula is C17H14ClF3N2O2. The predicted octanol–water partition coefficient (Wildman–Crippen LogP) is 4.04. The van der Waals surface area contributed by atoms with Crippen molar-refractivity contribution in [2.75, 3.05) is 11.9 Å². The first-order valence-corrected chi connectivity index (χ1v) is 7.56. The van der Waals surface area contributed by atoms with Gasteiger partial charge in [-0.1, -0.05) is 29.3 Å². The second-order valence-corrected chi connectivity index (χ2v) is 5.72. The van der Waals surface area contributed by atoms with Gasteiger partial charge in [-0.3, -0.25) is 9.59 Å². The molecule has 4 nitrogen and oxygen atoms in total. The number of benzene rings is 2. The number of anilines is 1. The summed E-state index contributed by atoms with van der Waals surface area (Å²) in [6.07, 6.45) is -4.67. The Balaban J connectivity index is 2.03. The third kappa shape index (κ3) is 5.22. The van der Waals surface area contributed by atoms with E-state index in [0.29, 0.717) is 5.56 Å². The normalized spacial score (nSPS) is 11.1. The number of nitrogens with one attached hydrogen (secondary N) is 2. The van der Waals surface area contributed by atoms with Crippen molar-refractivity contribution >= 4 is 29.1 Å². The van der Waals surface area contributed by atoms with Crippen LogP contribution < -0.4 is 10.6 Å². The molecule has 8 heteroatoms. The molecular weight excluding hydrogens is 357 g/mol. The van der Waals surface area contributed by atoms with Gasteiger partial charge < -0.3 is 10.6 Å². The number of carbonyl (C=O) groups is 2. The fourth-order valence-corrected chi connectivity index (χ4v) is 2.28. The monoisotopic (exact) mass is 370 g/mol. The molecule has 0 fully saturated rings. The minimum Gasteiger partial charge on any atom is -0.343 e. The zero-order valence-corrected chi connectivity index (χ0v) is 13.8. The molecule has 0 aliphatic rings. The first kappa shape index (κ1) is 18.8. The second-order valence-electron chi connectivity index (χ2n) is 5.29. The van der Waals surface area contributed by atoms with Crippen molar-refractivity contribution in [2.45, 2.75) is 13.1 Å². The van der Waals surface area contributed by atoms with Crippen molar-refractivity contribution in [1.82, 2.24) is 5.32 Å². The predicted molar refractivity (Wildman–Crippen MR) is 88.6 cm³/mol. The minimum atomic E-state index is -4.67. The van der Waals surface area contributed by atoms with Gasteiger partial charge in [0.25, 0.3) is 5.91 Å². The molecule has 0 aliphatic heterocycles. The van der Waals surface area contributed by atoms with Crippen LogP contribution in [0, 0.1) is 6.92 Å². The average molecular weight is 371 g/mol. The zero-order valence-electron chi connectivity index (χ0n) is 13.1. The number of carbonyl (C=O) groups excluding carboxylic acids is 2. The lowest BCUT2D eigenvalue weighted by Crippen LogP contribution is -2.33. The maximum Gasteiger partial charge on any atom is 0.418 e. The molecule has 0 atom stereocenters. The summed E-state index contributed by atoms with van der Waals surface area (Å²) in [4.78, 5) is 23.8. The van der Waals surface area contributed by atoms with Crippen molar-refractivity contribution in [1.29, 1.82) is 0 Å². The molecule has 0 spiro atoms. The summed E-state index contributed by atoms with van der Waals surface area (Å²) in [5.74, 6) is -1.28. The van der Waals surface area contributed by atoms with Crippen molar-refractivity contribution in [3.63, 3.8) is 0 Å². The maximum absolute atomic E-state index is 13.0. The molecule has 2 aromatic rings. The second kappa shape index (κ2) is 7.57. The van der Waals surface area contributed by atoms with Crippen LogP contribution >= 0.6 is 11.6 Å². The van der Waals surface area contributed by atoms with Crippen LogP contribution in [0.4, 0.5) is 18.9 Å². The Morgan fingerprint density at radius 3 is 2.48 bits per heavy atom. The summed E-state index contributed by atoms with van der Waals surface area (Å²) < 4.78 is 38.9. The Bertz CT molecular complexity index is 807. The maximum atomic E-state index is 13.0. The number of aryl methyl sites for hydroxylation is 1. The van der Waals surface area contributed by atoms with Crippen LogP contribution in [-0.2, 0) is 11.0 Å². The standard InChI is InChI=1S/C17H14ClF3N2O2/c1-10-3-2-4-11(7-10)16(25)22-9-15(24)23-14-6-5-12(18)8-13(14)17(19,20)21/h2-8H,9H2,1H3,(H,22,25)(H,23,24). The van der Waals surface area contributed by atoms with Gasteiger partial charge in [0.15, 0.2) is 0 Å². The summed E-state index contributed by atoms with van der Waals surface area (Å²) in [6, 6.07) is 9.72. The van der Waals surface area contributed by atoms with Crippen LogP contribution in [0.1, 0.15) is 21.5 Å². The average Bonchev–Trinajstić information content (AvgIpc) is 2.53. The van der Waals surface area contributed by atoms with Crippen molar-refractivity contribution < 1.29 is 22.8 Å². The third-order valence-electron chi connectivity index (χ3n) is 3.25. The van der Waals surface area contributed by atoms with Crippen LogP contribution in [-0.4, -0.2) is 18.4 Å². The fraction of sp³-hybridized carbons (Fsp3) is 0.176. The summed E-state index contributed by atoms with van der Waals surface area (Å²) >= 11 is 5.57. The molecule has 0 aliphatic carbocycles. The van der Waals surface area contributed by atoms with E-state index in [1.165, 1.54) is 6.07 Å². The van der Waals surface area contributed by atoms with Crippen LogP contribution in [0.25, 0.3) is 0 Å². The van der Waals surface area contributed by atoms with E-state index in [4.69, 9.17) is 11.6 Å². The fourth-order valence-electron chi connectivity index (χ4n) is 2.10. The van der Waals surface area contributed by atoms with E-state index in [-0.39, 0.29) is 5.02 Å². The highest BCUT2D eigenvalue weighted by Gasteiger charge is 2.34. The molecule has 0 aromatic heterocycles. The molecule has 0 radical (unpaired) electrons. The summed E-state index contributed by atoms with van der Waals surface area (Å²) in [5, 5.41) is 4.39. The van der Waals surface area contributed by atoms with Gasteiger partial charge in [0, 0.05) is 10.6 Å². The van der Waals surface area contributed by atoms with Gasteiger partial charge >= 0.3 is 6.18 Å². The van der Waals surface area contributed by atoms with E-state index in [1.807, 2.05) is 13.0 Å². The van der Waals surface area contributed by atoms with Crippen molar-refractivity contribution in [2.24, 2.45) is 0 Å². The van der Waals surface area contributed by atoms with E-state index in [9.17, 15) is 22.8 Å². The smallest absolute Gasteiger partial charge is 0.343 e. The highest BCUT2D eigenvalue weighted by molar-refractivity contribution is 6.30. The molecule has 0 saturated carbocycles. The van der Waals surface area contributed by atoms with E-state index in [0.717, 1.165) is 17.7 Å². The number of hydrogen-bond donors (Lipinski definition) is 2. The number of amides is 2. The number of rotatable bonds is 4. The summed E-state index contributed by atoms with van der Waals surface area (Å²) in [7, 11) is 0. The molecule has 2 N–H and O–H groups in total. The zero-order chi connectivity index (χ0) is 18.6. The SMILES string of the molecule is Cc1cccc(C(=O)NCC(=O)Nc2ccc(Cl)cc2C(F)(F)F)c1. The highest BCUT2D eigenvalue weighted by Crippen LogP contribution is 2.36. The Kier molecular flexibility index (Phi) is 5.69. The van der Waals surface area contributed by atoms with Gasteiger partial charge in [-0.25, -0.2) is 0 Å². The number of alkyl halides is 3. The number of halogens is 4. The molecule has 2 aromatic carbocycles. The van der Waals surface area contributed by atoms with Gasteiger partial charge in [-0.2, -0.15) is 13.2 Å². The first-order chi connectivity index (χ1) is 11.7. The van der Waals surface area contributed by atoms with Crippen LogP contribution in [0.3, 0.4) is 0 Å². The molecule has 0 saturated heterocycles. The highest BCUT2D eigenvalue weighted by atomic mass is 35.5. The van der Waals surface area contributed by atoms with Crippen LogP contribution in [0.15, 0.2) is 42.5 Å². The topological polar surface area (TPSA) is 58.2 Å². The van der Waals surface area contributed by atoms with Gasteiger partial charge in [0.05, 0.1) is 17.8 Å². The van der Waals surface area contributed by atoms with Gasteiger partial charge in [-0.05, 0) is 37.3 Å². The quantitative estimate of drug-likeness (QED) is 0.853. The van der Waals surface area contributed by atoms with E-state index < -0.39 is 35.8 Å². The summed E-state index contributed by atoms with van der Waals surface area (Å²) in [6.45, 7) is 1.34. The Labute approximate surface area is 147 Å². The van der Waals surface area contributed by atoms with Gasteiger partial charge in [-0.15, -0.1) is 0 Å². The van der Waals surface area contributed by atoms with Gasteiger partial charge in [0.1, 0.15) is 0 Å². The molecule has 2 rings (SSSR count). The number of hydrogen-bond acceptors (Lipinski definition) is 2. The summed E-state index contributed by atoms with van der Waals surface area (Å²) in [5.41, 5.74) is -0.256. The molecule has 2 amide bonds. The van der Waals surface area contributed by atoms with Crippen molar-refractivity contribution in [3.8, 4) is 0 Å². The Morgan fingerprint density at radius 2 is 1.84 bits per heavy atom. The first-order valence-electron chi connectivity index (χ1n) is 7.18. The lowest BCUT2D eigenvalue weighted by atomic mass is 10.1. The molecule has 132 valence electrons. The molecule has 0 bridgehead atoms. The molecule has 0 unspecified atom stereocenters. The lowest BCUT2D eigenvalue weighted by Gasteiger charge is -2.14. The largest absolute Gasteiger partial charge is 0.418 e. The Morgan fingerprint density at radius 1 is 1.12 bits per heavy atom. The van der Waals surface area contributed by atoms with Crippen molar-refractivity contribution in [3.05, 3.63) is 64.2 Å². The minimum absolute atomic E-state index is 0.0990. The Hall–Kier alpha value is -2.54. The molecule has 0 heterocycles. The third-order valence-corrected chi connectivity index (χ3v) is 3.49. The van der Waals surface area contributed by atoms with Gasteiger partial charge in [0.2, 0.25) is 5.91 Å². The van der Waals surface area contributed by atoms with E-state index in [2.05, 4.69) is 10.6 Å². The van der Waals surface area contributed by atoms with Crippen LogP contribution in [0.5, 0.6) is 0 Å². The van der Waals surface area contributed by atoms with E-state index in [1.54, 1.807) is 18.2 Å².